The first-order valence-corrected chi connectivity index (χ1v) is 11.1. The highest BCUT2D eigenvalue weighted by molar-refractivity contribution is 7.92. The van der Waals surface area contributed by atoms with Gasteiger partial charge in [-0.15, -0.1) is 0 Å². The van der Waals surface area contributed by atoms with Gasteiger partial charge in [-0.1, -0.05) is 41.5 Å². The summed E-state index contributed by atoms with van der Waals surface area (Å²) in [7, 11) is -2.30. The van der Waals surface area contributed by atoms with Gasteiger partial charge >= 0.3 is 0 Å². The second-order valence-electron chi connectivity index (χ2n) is 7.56. The summed E-state index contributed by atoms with van der Waals surface area (Å²) in [5, 5.41) is 2.92. The van der Waals surface area contributed by atoms with Crippen LogP contribution in [0.1, 0.15) is 32.6 Å². The van der Waals surface area contributed by atoms with Crippen molar-refractivity contribution in [3.8, 4) is 0 Å². The van der Waals surface area contributed by atoms with Gasteiger partial charge < -0.3 is 5.32 Å². The summed E-state index contributed by atoms with van der Waals surface area (Å²) < 4.78 is 27.4. The SMILES string of the molecule is Cc1ccc(N(C)S(=O)(=O)c2cccc(C(=O)Nc3c(C)cc(C)cc3C)c2)cc1. The number of hydrogen-bond acceptors (Lipinski definition) is 3. The predicted molar refractivity (Wildman–Crippen MR) is 122 cm³/mol. The van der Waals surface area contributed by atoms with Gasteiger partial charge in [-0.25, -0.2) is 8.42 Å². The average Bonchev–Trinajstić information content (AvgIpc) is 2.70. The highest BCUT2D eigenvalue weighted by Gasteiger charge is 2.22. The van der Waals surface area contributed by atoms with Crippen LogP contribution < -0.4 is 9.62 Å². The lowest BCUT2D eigenvalue weighted by Gasteiger charge is -2.20. The Morgan fingerprint density at radius 3 is 2.03 bits per heavy atom. The molecule has 1 amide bonds. The number of nitrogens with zero attached hydrogens (tertiary/aromatic N) is 1. The monoisotopic (exact) mass is 422 g/mol. The fourth-order valence-electron chi connectivity index (χ4n) is 3.41. The van der Waals surface area contributed by atoms with E-state index in [1.807, 2.05) is 52.0 Å². The van der Waals surface area contributed by atoms with Gasteiger partial charge in [0.1, 0.15) is 0 Å². The fraction of sp³-hybridized carbons (Fsp3) is 0.208. The van der Waals surface area contributed by atoms with Crippen molar-refractivity contribution in [3.05, 3.63) is 88.5 Å². The quantitative estimate of drug-likeness (QED) is 0.629. The van der Waals surface area contributed by atoms with Crippen LogP contribution in [0.25, 0.3) is 0 Å². The molecule has 0 heterocycles. The Kier molecular flexibility index (Phi) is 5.99. The summed E-state index contributed by atoms with van der Waals surface area (Å²) in [5.74, 6) is -0.347. The molecule has 0 aromatic heterocycles. The first-order chi connectivity index (χ1) is 14.1. The van der Waals surface area contributed by atoms with Crippen molar-refractivity contribution in [3.63, 3.8) is 0 Å². The standard InChI is InChI=1S/C24H26N2O3S/c1-16-9-11-21(12-10-16)26(5)30(28,29)22-8-6-7-20(15-22)24(27)25-23-18(3)13-17(2)14-19(23)4/h6-15H,1-5H3,(H,25,27). The second kappa shape index (κ2) is 8.32. The minimum absolute atomic E-state index is 0.0653. The Morgan fingerprint density at radius 2 is 1.43 bits per heavy atom. The molecule has 0 aliphatic rings. The van der Waals surface area contributed by atoms with E-state index in [-0.39, 0.29) is 16.4 Å². The zero-order chi connectivity index (χ0) is 22.1. The van der Waals surface area contributed by atoms with Crippen LogP contribution in [0.5, 0.6) is 0 Å². The number of carbonyl (C=O) groups is 1. The van der Waals surface area contributed by atoms with E-state index in [9.17, 15) is 13.2 Å². The van der Waals surface area contributed by atoms with Crippen LogP contribution in [-0.2, 0) is 10.0 Å². The van der Waals surface area contributed by atoms with Crippen molar-refractivity contribution in [2.24, 2.45) is 0 Å². The summed E-state index contributed by atoms with van der Waals surface area (Å²) in [6.45, 7) is 7.82. The van der Waals surface area contributed by atoms with Gasteiger partial charge in [0, 0.05) is 18.3 Å². The Bertz CT molecular complexity index is 1180. The molecule has 0 aliphatic heterocycles. The summed E-state index contributed by atoms with van der Waals surface area (Å²) in [5.41, 5.74) is 5.68. The molecule has 0 atom stereocenters. The lowest BCUT2D eigenvalue weighted by molar-refractivity contribution is 0.102. The highest BCUT2D eigenvalue weighted by atomic mass is 32.2. The van der Waals surface area contributed by atoms with E-state index >= 15 is 0 Å². The molecular weight excluding hydrogens is 396 g/mol. The molecule has 3 aromatic rings. The van der Waals surface area contributed by atoms with Gasteiger partial charge in [-0.3, -0.25) is 9.10 Å². The molecular formula is C24H26N2O3S. The van der Waals surface area contributed by atoms with E-state index in [0.717, 1.165) is 27.9 Å². The fourth-order valence-corrected chi connectivity index (χ4v) is 4.65. The van der Waals surface area contributed by atoms with Crippen molar-refractivity contribution in [2.45, 2.75) is 32.6 Å². The van der Waals surface area contributed by atoms with Crippen molar-refractivity contribution >= 4 is 27.3 Å². The molecule has 0 saturated carbocycles. The summed E-state index contributed by atoms with van der Waals surface area (Å²) in [4.78, 5) is 12.9. The normalized spacial score (nSPS) is 11.2. The molecule has 0 fully saturated rings. The maximum absolute atomic E-state index is 13.1. The van der Waals surface area contributed by atoms with Gasteiger partial charge in [0.2, 0.25) is 0 Å². The smallest absolute Gasteiger partial charge is 0.264 e. The van der Waals surface area contributed by atoms with Crippen LogP contribution >= 0.6 is 0 Å². The third kappa shape index (κ3) is 4.39. The number of hydrogen-bond donors (Lipinski definition) is 1. The van der Waals surface area contributed by atoms with Crippen molar-refractivity contribution in [1.29, 1.82) is 0 Å². The molecule has 1 N–H and O–H groups in total. The van der Waals surface area contributed by atoms with Gasteiger partial charge in [-0.05, 0) is 69.2 Å². The molecule has 0 spiro atoms. The van der Waals surface area contributed by atoms with Crippen LogP contribution in [0, 0.1) is 27.7 Å². The molecule has 3 aromatic carbocycles. The van der Waals surface area contributed by atoms with E-state index in [2.05, 4.69) is 5.32 Å². The van der Waals surface area contributed by atoms with Crippen molar-refractivity contribution in [2.75, 3.05) is 16.7 Å². The zero-order valence-corrected chi connectivity index (χ0v) is 18.7. The van der Waals surface area contributed by atoms with Gasteiger partial charge in [-0.2, -0.15) is 0 Å². The molecule has 6 heteroatoms. The Balaban J connectivity index is 1.90. The van der Waals surface area contributed by atoms with Gasteiger partial charge in [0.05, 0.1) is 10.6 Å². The first-order valence-electron chi connectivity index (χ1n) is 9.64. The molecule has 0 unspecified atom stereocenters. The van der Waals surface area contributed by atoms with Crippen LogP contribution in [0.15, 0.2) is 65.6 Å². The maximum Gasteiger partial charge on any atom is 0.264 e. The topological polar surface area (TPSA) is 66.5 Å². The van der Waals surface area contributed by atoms with Crippen LogP contribution in [0.3, 0.4) is 0 Å². The van der Waals surface area contributed by atoms with Crippen molar-refractivity contribution < 1.29 is 13.2 Å². The summed E-state index contributed by atoms with van der Waals surface area (Å²) >= 11 is 0. The minimum atomic E-state index is -3.80. The molecule has 0 radical (unpaired) electrons. The Labute approximate surface area is 178 Å². The van der Waals surface area contributed by atoms with E-state index in [1.165, 1.54) is 23.5 Å². The van der Waals surface area contributed by atoms with E-state index in [0.29, 0.717) is 5.69 Å². The third-order valence-electron chi connectivity index (χ3n) is 5.07. The van der Waals surface area contributed by atoms with Crippen LogP contribution in [0.2, 0.25) is 0 Å². The minimum Gasteiger partial charge on any atom is -0.322 e. The van der Waals surface area contributed by atoms with E-state index in [4.69, 9.17) is 0 Å². The van der Waals surface area contributed by atoms with Gasteiger partial charge in [0.25, 0.3) is 15.9 Å². The Hall–Kier alpha value is -3.12. The molecule has 3 rings (SSSR count). The van der Waals surface area contributed by atoms with Crippen LogP contribution in [-0.4, -0.2) is 21.4 Å². The average molecular weight is 423 g/mol. The number of sulfonamides is 1. The lowest BCUT2D eigenvalue weighted by atomic mass is 10.0. The highest BCUT2D eigenvalue weighted by Crippen LogP contribution is 2.25. The number of carbonyl (C=O) groups excluding carboxylic acids is 1. The van der Waals surface area contributed by atoms with E-state index in [1.54, 1.807) is 24.3 Å². The van der Waals surface area contributed by atoms with E-state index < -0.39 is 10.0 Å². The Morgan fingerprint density at radius 1 is 0.833 bits per heavy atom. The van der Waals surface area contributed by atoms with Gasteiger partial charge in [0.15, 0.2) is 0 Å². The number of benzene rings is 3. The summed E-state index contributed by atoms with van der Waals surface area (Å²) in [6, 6.07) is 17.3. The molecule has 30 heavy (non-hydrogen) atoms. The number of aryl methyl sites for hydroxylation is 4. The predicted octanol–water partition coefficient (Wildman–Crippen LogP) is 5.00. The zero-order valence-electron chi connectivity index (χ0n) is 17.9. The molecule has 0 bridgehead atoms. The maximum atomic E-state index is 13.1. The largest absolute Gasteiger partial charge is 0.322 e. The molecule has 0 saturated heterocycles. The third-order valence-corrected chi connectivity index (χ3v) is 6.85. The van der Waals surface area contributed by atoms with Crippen LogP contribution in [0.4, 0.5) is 11.4 Å². The molecule has 0 aliphatic carbocycles. The summed E-state index contributed by atoms with van der Waals surface area (Å²) in [6.07, 6.45) is 0. The number of nitrogens with one attached hydrogen (secondary N) is 1. The number of anilines is 2. The number of rotatable bonds is 5. The first kappa shape index (κ1) is 21.6. The molecule has 5 nitrogen and oxygen atoms in total. The number of amides is 1. The molecule has 156 valence electrons. The van der Waals surface area contributed by atoms with Crippen molar-refractivity contribution in [1.82, 2.24) is 0 Å². The lowest BCUT2D eigenvalue weighted by Crippen LogP contribution is -2.27. The second-order valence-corrected chi connectivity index (χ2v) is 9.53.